The quantitative estimate of drug-likeness (QED) is 0.412. The van der Waals surface area contributed by atoms with Gasteiger partial charge in [0.05, 0.1) is 13.1 Å². The number of carbonyl (C=O) groups excluding carboxylic acids is 1. The Morgan fingerprint density at radius 1 is 1.18 bits per heavy atom. The highest BCUT2D eigenvalue weighted by Gasteiger charge is 2.25. The Labute approximate surface area is 196 Å². The second kappa shape index (κ2) is 11.6. The van der Waals surface area contributed by atoms with Gasteiger partial charge in [-0.15, -0.1) is 0 Å². The summed E-state index contributed by atoms with van der Waals surface area (Å²) in [5, 5.41) is 4.01. The Morgan fingerprint density at radius 3 is 2.61 bits per heavy atom. The van der Waals surface area contributed by atoms with Crippen LogP contribution in [0.4, 0.5) is 11.5 Å². The number of likely N-dealkylation sites (N-methyl/N-ethyl adjacent to an activating group) is 1. The van der Waals surface area contributed by atoms with Crippen molar-refractivity contribution < 1.29 is 9.53 Å². The van der Waals surface area contributed by atoms with Crippen LogP contribution in [-0.2, 0) is 22.6 Å². The number of carbonyl (C=O) groups is 1. The summed E-state index contributed by atoms with van der Waals surface area (Å²) in [7, 11) is 3.41. The number of methoxy groups -OCH3 is 1. The van der Waals surface area contributed by atoms with Crippen molar-refractivity contribution >= 4 is 28.7 Å². The van der Waals surface area contributed by atoms with Crippen molar-refractivity contribution in [3.63, 3.8) is 0 Å². The van der Waals surface area contributed by atoms with Crippen molar-refractivity contribution in [3.8, 4) is 0 Å². The number of hydrogen-bond acceptors (Lipinski definition) is 7. The lowest BCUT2D eigenvalue weighted by Gasteiger charge is -2.26. The number of hydrogen-bond donors (Lipinski definition) is 2. The van der Waals surface area contributed by atoms with Gasteiger partial charge in [-0.25, -0.2) is 4.79 Å². The van der Waals surface area contributed by atoms with Crippen LogP contribution in [0.2, 0.25) is 0 Å². The minimum absolute atomic E-state index is 0.0180. The summed E-state index contributed by atoms with van der Waals surface area (Å²) < 4.78 is 6.40. The van der Waals surface area contributed by atoms with E-state index in [-0.39, 0.29) is 37.0 Å². The molecule has 0 aliphatic carbocycles. The van der Waals surface area contributed by atoms with Crippen LogP contribution in [0.5, 0.6) is 0 Å². The Bertz CT molecular complexity index is 1160. The molecule has 0 spiro atoms. The molecule has 10 heteroatoms. The maximum absolute atomic E-state index is 13.3. The molecule has 2 aromatic heterocycles. The molecule has 0 bridgehead atoms. The number of aromatic amines is 1. The Hall–Kier alpha value is -3.21. The molecule has 3 rings (SSSR count). The van der Waals surface area contributed by atoms with E-state index in [1.807, 2.05) is 59.1 Å². The van der Waals surface area contributed by atoms with Gasteiger partial charge in [0.2, 0.25) is 5.91 Å². The van der Waals surface area contributed by atoms with E-state index in [2.05, 4.69) is 4.98 Å². The van der Waals surface area contributed by atoms with E-state index in [0.717, 1.165) is 11.1 Å². The van der Waals surface area contributed by atoms with E-state index in [9.17, 15) is 14.4 Å². The molecule has 0 aliphatic rings. The van der Waals surface area contributed by atoms with Crippen molar-refractivity contribution in [2.75, 3.05) is 44.5 Å². The number of H-pyrrole nitrogens is 1. The summed E-state index contributed by atoms with van der Waals surface area (Å²) in [6.45, 7) is 1.50. The monoisotopic (exact) mass is 471 g/mol. The van der Waals surface area contributed by atoms with Gasteiger partial charge >= 0.3 is 5.69 Å². The molecule has 3 aromatic rings. The van der Waals surface area contributed by atoms with Gasteiger partial charge in [0.1, 0.15) is 5.82 Å². The zero-order valence-corrected chi connectivity index (χ0v) is 19.6. The Morgan fingerprint density at radius 2 is 1.94 bits per heavy atom. The van der Waals surface area contributed by atoms with Crippen LogP contribution < -0.4 is 21.9 Å². The number of aromatic nitrogens is 2. The van der Waals surface area contributed by atoms with Gasteiger partial charge in [-0.05, 0) is 41.4 Å². The fraction of sp³-hybridized carbons (Fsp3) is 0.348. The highest BCUT2D eigenvalue weighted by Crippen LogP contribution is 2.19. The average Bonchev–Trinajstić information content (AvgIpc) is 3.29. The number of nitrogen functional groups attached to an aromatic ring is 1. The summed E-state index contributed by atoms with van der Waals surface area (Å²) in [5.41, 5.74) is 6.95. The van der Waals surface area contributed by atoms with Crippen LogP contribution in [0, 0.1) is 0 Å². The molecule has 176 valence electrons. The van der Waals surface area contributed by atoms with Gasteiger partial charge in [0, 0.05) is 26.8 Å². The molecule has 0 fully saturated rings. The number of anilines is 2. The Balaban J connectivity index is 1.92. The summed E-state index contributed by atoms with van der Waals surface area (Å²) in [5.74, 6) is -0.329. The molecule has 0 aliphatic heterocycles. The molecule has 9 nitrogen and oxygen atoms in total. The molecule has 0 unspecified atom stereocenters. The highest BCUT2D eigenvalue weighted by atomic mass is 32.1. The van der Waals surface area contributed by atoms with Gasteiger partial charge in [0.15, 0.2) is 5.69 Å². The number of nitrogens with one attached hydrogen (secondary N) is 1. The van der Waals surface area contributed by atoms with Crippen molar-refractivity contribution in [2.24, 2.45) is 0 Å². The number of amides is 1. The lowest BCUT2D eigenvalue weighted by atomic mass is 10.2. The smallest absolute Gasteiger partial charge is 0.330 e. The van der Waals surface area contributed by atoms with E-state index in [4.69, 9.17) is 10.5 Å². The molecule has 1 aromatic carbocycles. The first-order valence-electron chi connectivity index (χ1n) is 10.6. The van der Waals surface area contributed by atoms with E-state index in [1.54, 1.807) is 18.4 Å². The SMILES string of the molecule is COCCCN(C(=O)CN(C)Cc1ccsc1)c1c(N)n(Cc2ccccc2)c(=O)[nH]c1=O. The average molecular weight is 472 g/mol. The molecule has 2 heterocycles. The summed E-state index contributed by atoms with van der Waals surface area (Å²) in [4.78, 5) is 44.2. The van der Waals surface area contributed by atoms with Crippen molar-refractivity contribution in [1.29, 1.82) is 0 Å². The standard InChI is InChI=1S/C23H29N5O4S/c1-26(13-18-9-12-33-16-18)15-19(29)27(10-6-11-32-2)20-21(24)28(23(31)25-22(20)30)14-17-7-4-3-5-8-17/h3-5,7-9,12,16H,6,10-11,13-15,24H2,1-2H3,(H,25,30,31). The number of benzene rings is 1. The molecule has 3 N–H and O–H groups in total. The van der Waals surface area contributed by atoms with Crippen molar-refractivity contribution in [1.82, 2.24) is 14.5 Å². The van der Waals surface area contributed by atoms with Crippen LogP contribution >= 0.6 is 11.3 Å². The number of ether oxygens (including phenoxy) is 1. The van der Waals surface area contributed by atoms with Crippen LogP contribution in [-0.4, -0.2) is 54.2 Å². The number of rotatable bonds is 11. The molecule has 1 amide bonds. The molecular formula is C23H29N5O4S. The zero-order valence-electron chi connectivity index (χ0n) is 18.8. The van der Waals surface area contributed by atoms with Gasteiger partial charge in [-0.3, -0.25) is 24.0 Å². The maximum Gasteiger partial charge on any atom is 0.330 e. The summed E-state index contributed by atoms with van der Waals surface area (Å²) >= 11 is 1.59. The largest absolute Gasteiger partial charge is 0.385 e. The van der Waals surface area contributed by atoms with Gasteiger partial charge < -0.3 is 15.4 Å². The first-order chi connectivity index (χ1) is 15.9. The minimum atomic E-state index is -0.687. The predicted octanol–water partition coefficient (Wildman–Crippen LogP) is 1.73. The molecule has 33 heavy (non-hydrogen) atoms. The van der Waals surface area contributed by atoms with Gasteiger partial charge in [-0.2, -0.15) is 11.3 Å². The number of nitrogens with zero attached hydrogens (tertiary/aromatic N) is 3. The molecule has 0 saturated carbocycles. The maximum atomic E-state index is 13.3. The first kappa shape index (κ1) is 24.4. The zero-order chi connectivity index (χ0) is 23.8. The fourth-order valence-corrected chi connectivity index (χ4v) is 4.22. The predicted molar refractivity (Wildman–Crippen MR) is 131 cm³/mol. The second-order valence-corrected chi connectivity index (χ2v) is 8.54. The van der Waals surface area contributed by atoms with Crippen molar-refractivity contribution in [2.45, 2.75) is 19.5 Å². The van der Waals surface area contributed by atoms with Crippen LogP contribution in [0.25, 0.3) is 0 Å². The number of nitrogens with two attached hydrogens (primary N) is 1. The Kier molecular flexibility index (Phi) is 8.58. The fourth-order valence-electron chi connectivity index (χ4n) is 3.56. The molecular weight excluding hydrogens is 442 g/mol. The third kappa shape index (κ3) is 6.41. The second-order valence-electron chi connectivity index (χ2n) is 7.76. The number of thiophene rings is 1. The molecule has 0 radical (unpaired) electrons. The topological polar surface area (TPSA) is 114 Å². The lowest BCUT2D eigenvalue weighted by molar-refractivity contribution is -0.119. The lowest BCUT2D eigenvalue weighted by Crippen LogP contribution is -2.45. The van der Waals surface area contributed by atoms with E-state index < -0.39 is 11.2 Å². The molecule has 0 saturated heterocycles. The van der Waals surface area contributed by atoms with E-state index in [0.29, 0.717) is 19.6 Å². The third-order valence-corrected chi connectivity index (χ3v) is 5.87. The third-order valence-electron chi connectivity index (χ3n) is 5.14. The van der Waals surface area contributed by atoms with E-state index >= 15 is 0 Å². The van der Waals surface area contributed by atoms with Crippen molar-refractivity contribution in [3.05, 3.63) is 79.1 Å². The normalized spacial score (nSPS) is 11.1. The highest BCUT2D eigenvalue weighted by molar-refractivity contribution is 7.07. The minimum Gasteiger partial charge on any atom is -0.385 e. The molecule has 0 atom stereocenters. The van der Waals surface area contributed by atoms with Gasteiger partial charge in [-0.1, -0.05) is 30.3 Å². The van der Waals surface area contributed by atoms with Crippen LogP contribution in [0.3, 0.4) is 0 Å². The van der Waals surface area contributed by atoms with Gasteiger partial charge in [0.25, 0.3) is 5.56 Å². The summed E-state index contributed by atoms with van der Waals surface area (Å²) in [6, 6.07) is 11.3. The first-order valence-corrected chi connectivity index (χ1v) is 11.5. The summed E-state index contributed by atoms with van der Waals surface area (Å²) in [6.07, 6.45) is 0.507. The van der Waals surface area contributed by atoms with E-state index in [1.165, 1.54) is 9.47 Å². The van der Waals surface area contributed by atoms with Crippen LogP contribution in [0.15, 0.2) is 56.7 Å². The van der Waals surface area contributed by atoms with Crippen LogP contribution in [0.1, 0.15) is 17.5 Å².